The summed E-state index contributed by atoms with van der Waals surface area (Å²) in [6.07, 6.45) is 1.48. The van der Waals surface area contributed by atoms with Gasteiger partial charge in [0.05, 0.1) is 11.4 Å². The second-order valence-corrected chi connectivity index (χ2v) is 6.19. The first-order valence-electron chi connectivity index (χ1n) is 5.59. The molecule has 100 valence electrons. The Morgan fingerprint density at radius 2 is 2.11 bits per heavy atom. The number of aromatic nitrogens is 2. The molecule has 1 atom stereocenters. The molecule has 1 aromatic heterocycles. The number of carbonyl (C=O) groups is 1. The first kappa shape index (κ1) is 13.0. The summed E-state index contributed by atoms with van der Waals surface area (Å²) in [4.78, 5) is 11.1. The van der Waals surface area contributed by atoms with Crippen LogP contribution in [0.5, 0.6) is 0 Å². The van der Waals surface area contributed by atoms with E-state index in [1.54, 1.807) is 13.8 Å². The summed E-state index contributed by atoms with van der Waals surface area (Å²) in [6, 6.07) is -1.05. The van der Waals surface area contributed by atoms with Crippen LogP contribution < -0.4 is 4.72 Å². The van der Waals surface area contributed by atoms with E-state index in [1.807, 2.05) is 0 Å². The van der Waals surface area contributed by atoms with Crippen LogP contribution in [-0.2, 0) is 14.8 Å². The molecular weight excluding hydrogens is 258 g/mol. The van der Waals surface area contributed by atoms with Gasteiger partial charge < -0.3 is 5.11 Å². The van der Waals surface area contributed by atoms with E-state index >= 15 is 0 Å². The van der Waals surface area contributed by atoms with Gasteiger partial charge in [0.2, 0.25) is 10.0 Å². The van der Waals surface area contributed by atoms with Crippen molar-refractivity contribution in [1.29, 1.82) is 0 Å². The number of carboxylic acids is 1. The van der Waals surface area contributed by atoms with Crippen molar-refractivity contribution in [2.75, 3.05) is 0 Å². The Morgan fingerprint density at radius 1 is 1.50 bits per heavy atom. The highest BCUT2D eigenvalue weighted by Crippen LogP contribution is 2.33. The van der Waals surface area contributed by atoms with Crippen molar-refractivity contribution in [2.45, 2.75) is 37.6 Å². The predicted molar refractivity (Wildman–Crippen MR) is 62.5 cm³/mol. The number of hydrogen-bond acceptors (Lipinski definition) is 4. The third-order valence-corrected chi connectivity index (χ3v) is 4.67. The van der Waals surface area contributed by atoms with E-state index in [-0.39, 0.29) is 10.8 Å². The average Bonchev–Trinajstić information content (AvgIpc) is 3.01. The summed E-state index contributed by atoms with van der Waals surface area (Å²) in [6.45, 7) is 3.15. The lowest BCUT2D eigenvalue weighted by molar-refractivity contribution is -0.139. The van der Waals surface area contributed by atoms with Crippen LogP contribution in [0.25, 0.3) is 0 Å². The Labute approximate surface area is 105 Å². The van der Waals surface area contributed by atoms with Gasteiger partial charge in [-0.2, -0.15) is 9.82 Å². The highest BCUT2D eigenvalue weighted by atomic mass is 32.2. The molecule has 0 radical (unpaired) electrons. The second-order valence-electron chi connectivity index (χ2n) is 4.54. The number of aromatic amines is 1. The maximum absolute atomic E-state index is 12.1. The van der Waals surface area contributed by atoms with E-state index in [0.717, 1.165) is 12.8 Å². The minimum Gasteiger partial charge on any atom is -0.480 e. The van der Waals surface area contributed by atoms with Crippen LogP contribution in [-0.4, -0.2) is 35.7 Å². The minimum absolute atomic E-state index is 0.0365. The fraction of sp³-hybridized carbons (Fsp3) is 0.600. The molecule has 1 aliphatic carbocycles. The first-order chi connectivity index (χ1) is 8.33. The molecular formula is C10H15N3O4S. The van der Waals surface area contributed by atoms with E-state index in [9.17, 15) is 13.2 Å². The third kappa shape index (κ3) is 2.39. The van der Waals surface area contributed by atoms with Crippen LogP contribution >= 0.6 is 0 Å². The average molecular weight is 273 g/mol. The number of nitrogens with one attached hydrogen (secondary N) is 2. The fourth-order valence-corrected chi connectivity index (χ4v) is 3.57. The van der Waals surface area contributed by atoms with Crippen LogP contribution in [0.15, 0.2) is 4.90 Å². The molecule has 0 amide bonds. The molecule has 7 nitrogen and oxygen atoms in total. The topological polar surface area (TPSA) is 112 Å². The van der Waals surface area contributed by atoms with Gasteiger partial charge in [0.1, 0.15) is 10.9 Å². The first-order valence-corrected chi connectivity index (χ1v) is 7.08. The number of carboxylic acid groups (broad SMARTS) is 1. The van der Waals surface area contributed by atoms with Gasteiger partial charge in [0.25, 0.3) is 0 Å². The Balaban J connectivity index is 2.29. The Kier molecular flexibility index (Phi) is 3.16. The van der Waals surface area contributed by atoms with Gasteiger partial charge in [-0.05, 0) is 32.6 Å². The molecule has 0 bridgehead atoms. The second kappa shape index (κ2) is 4.36. The van der Waals surface area contributed by atoms with Gasteiger partial charge in [-0.1, -0.05) is 0 Å². The molecule has 18 heavy (non-hydrogen) atoms. The van der Waals surface area contributed by atoms with Crippen molar-refractivity contribution in [3.8, 4) is 0 Å². The van der Waals surface area contributed by atoms with Crippen molar-refractivity contribution < 1.29 is 18.3 Å². The summed E-state index contributed by atoms with van der Waals surface area (Å²) >= 11 is 0. The van der Waals surface area contributed by atoms with E-state index in [0.29, 0.717) is 11.4 Å². The van der Waals surface area contributed by atoms with Gasteiger partial charge in [0.15, 0.2) is 0 Å². The normalized spacial score (nSPS) is 17.7. The molecule has 0 aromatic carbocycles. The summed E-state index contributed by atoms with van der Waals surface area (Å²) in [5.41, 5.74) is 0.736. The van der Waals surface area contributed by atoms with Crippen molar-refractivity contribution in [1.82, 2.24) is 14.9 Å². The molecule has 0 saturated heterocycles. The lowest BCUT2D eigenvalue weighted by Crippen LogP contribution is -2.42. The number of rotatable bonds is 5. The number of nitrogens with zero attached hydrogens (tertiary/aromatic N) is 1. The molecule has 1 unspecified atom stereocenters. The summed E-state index contributed by atoms with van der Waals surface area (Å²) in [5, 5.41) is 15.4. The third-order valence-electron chi connectivity index (χ3n) is 2.97. The fourth-order valence-electron chi connectivity index (χ4n) is 1.94. The number of sulfonamides is 1. The van der Waals surface area contributed by atoms with Gasteiger partial charge in [-0.3, -0.25) is 9.89 Å². The smallest absolute Gasteiger partial charge is 0.322 e. The molecule has 0 spiro atoms. The molecule has 0 aliphatic heterocycles. The van der Waals surface area contributed by atoms with Crippen molar-refractivity contribution in [2.24, 2.45) is 5.92 Å². The molecule has 1 saturated carbocycles. The number of H-pyrrole nitrogens is 1. The lowest BCUT2D eigenvalue weighted by atomic mass is 10.2. The standard InChI is InChI=1S/C10H15N3O4S/c1-5-9(6(2)12-11-5)18(16,17)13-8(10(14)15)7-3-4-7/h7-8,13H,3-4H2,1-2H3,(H,11,12)(H,14,15). The number of aliphatic carboxylic acids is 1. The largest absolute Gasteiger partial charge is 0.480 e. The van der Waals surface area contributed by atoms with Crippen molar-refractivity contribution in [3.05, 3.63) is 11.4 Å². The lowest BCUT2D eigenvalue weighted by Gasteiger charge is -2.13. The number of hydrogen-bond donors (Lipinski definition) is 3. The van der Waals surface area contributed by atoms with Gasteiger partial charge in [-0.15, -0.1) is 0 Å². The van der Waals surface area contributed by atoms with Gasteiger partial charge >= 0.3 is 5.97 Å². The monoisotopic (exact) mass is 273 g/mol. The molecule has 2 rings (SSSR count). The predicted octanol–water partition coefficient (Wildman–Crippen LogP) is 0.168. The minimum atomic E-state index is -3.85. The van der Waals surface area contributed by atoms with Gasteiger partial charge in [0, 0.05) is 0 Å². The summed E-state index contributed by atoms with van der Waals surface area (Å²) < 4.78 is 26.5. The van der Waals surface area contributed by atoms with Crippen molar-refractivity contribution in [3.63, 3.8) is 0 Å². The number of aryl methyl sites for hydroxylation is 2. The molecule has 1 aromatic rings. The van der Waals surface area contributed by atoms with Gasteiger partial charge in [-0.25, -0.2) is 8.42 Å². The summed E-state index contributed by atoms with van der Waals surface area (Å²) in [5.74, 6) is -1.25. The van der Waals surface area contributed by atoms with E-state index in [4.69, 9.17) is 5.11 Å². The van der Waals surface area contributed by atoms with Crippen LogP contribution in [0.4, 0.5) is 0 Å². The van der Waals surface area contributed by atoms with E-state index < -0.39 is 22.0 Å². The van der Waals surface area contributed by atoms with Crippen LogP contribution in [0.1, 0.15) is 24.2 Å². The van der Waals surface area contributed by atoms with Crippen LogP contribution in [0.3, 0.4) is 0 Å². The zero-order valence-electron chi connectivity index (χ0n) is 10.1. The zero-order valence-corrected chi connectivity index (χ0v) is 10.9. The summed E-state index contributed by atoms with van der Waals surface area (Å²) in [7, 11) is -3.85. The zero-order chi connectivity index (χ0) is 13.5. The molecule has 3 N–H and O–H groups in total. The highest BCUT2D eigenvalue weighted by molar-refractivity contribution is 7.89. The SMILES string of the molecule is Cc1n[nH]c(C)c1S(=O)(=O)NC(C(=O)O)C1CC1. The Morgan fingerprint density at radius 3 is 2.50 bits per heavy atom. The Hall–Kier alpha value is -1.41. The quantitative estimate of drug-likeness (QED) is 0.708. The van der Waals surface area contributed by atoms with Crippen LogP contribution in [0, 0.1) is 19.8 Å². The molecule has 1 heterocycles. The maximum atomic E-state index is 12.1. The maximum Gasteiger partial charge on any atom is 0.322 e. The van der Waals surface area contributed by atoms with E-state index in [1.165, 1.54) is 0 Å². The van der Waals surface area contributed by atoms with Crippen molar-refractivity contribution >= 4 is 16.0 Å². The molecule has 8 heteroatoms. The molecule has 1 fully saturated rings. The highest BCUT2D eigenvalue weighted by Gasteiger charge is 2.40. The molecule has 1 aliphatic rings. The van der Waals surface area contributed by atoms with Crippen LogP contribution in [0.2, 0.25) is 0 Å². The van der Waals surface area contributed by atoms with E-state index in [2.05, 4.69) is 14.9 Å². The Bertz CT molecular complexity index is 554.